The molecule has 16 heteroatoms. The molecule has 1 unspecified atom stereocenters. The molecule has 4 heterocycles. The Labute approximate surface area is 225 Å². The first kappa shape index (κ1) is 23.3. The Balaban J connectivity index is 1.58. The van der Waals surface area contributed by atoms with Crippen LogP contribution in [-0.2, 0) is 0 Å². The first-order valence-electron chi connectivity index (χ1n) is 12.0. The minimum absolute atomic E-state index is 0.0351. The van der Waals surface area contributed by atoms with E-state index in [0.717, 1.165) is 21.9 Å². The van der Waals surface area contributed by atoms with Crippen molar-refractivity contribution in [3.8, 4) is 34.3 Å². The molecule has 0 aliphatic heterocycles. The van der Waals surface area contributed by atoms with Crippen molar-refractivity contribution in [1.29, 1.82) is 5.26 Å². The second-order valence-electron chi connectivity index (χ2n) is 7.98. The van der Waals surface area contributed by atoms with Crippen LogP contribution in [0.3, 0.4) is 0 Å². The zero-order chi connectivity index (χ0) is 29.5. The summed E-state index contributed by atoms with van der Waals surface area (Å²) in [5, 5.41) is 47.1. The molecule has 0 bridgehead atoms. The van der Waals surface area contributed by atoms with Gasteiger partial charge in [-0.15, -0.1) is 5.10 Å². The molecule has 12 nitrogen and oxygen atoms in total. The molecule has 0 saturated heterocycles. The van der Waals surface area contributed by atoms with Crippen molar-refractivity contribution in [3.05, 3.63) is 82.8 Å². The summed E-state index contributed by atoms with van der Waals surface area (Å²) in [5.74, 6) is -1.10. The SMILES string of the molecule is [2H]C([2H])(O)CC(c1ccc(-c2c(-n3cc(C#N)nn3)ccc(Cl)c2F)c[n+]1[O-])n1cc(-c2ncnn2C(F)F)cn1. The lowest BCUT2D eigenvalue weighted by Crippen LogP contribution is -2.35. The highest BCUT2D eigenvalue weighted by atomic mass is 35.5. The van der Waals surface area contributed by atoms with Gasteiger partial charge in [0.2, 0.25) is 5.69 Å². The van der Waals surface area contributed by atoms with E-state index >= 15 is 4.39 Å². The van der Waals surface area contributed by atoms with Gasteiger partial charge in [0, 0.05) is 25.2 Å². The Morgan fingerprint density at radius 3 is 2.72 bits per heavy atom. The Kier molecular flexibility index (Phi) is 6.29. The number of pyridine rings is 1. The lowest BCUT2D eigenvalue weighted by atomic mass is 10.0. The highest BCUT2D eigenvalue weighted by molar-refractivity contribution is 6.31. The third-order valence-corrected chi connectivity index (χ3v) is 6.02. The van der Waals surface area contributed by atoms with Gasteiger partial charge in [0.1, 0.15) is 18.4 Å². The van der Waals surface area contributed by atoms with E-state index in [1.54, 1.807) is 0 Å². The van der Waals surface area contributed by atoms with Crippen molar-refractivity contribution < 1.29 is 25.7 Å². The van der Waals surface area contributed by atoms with Gasteiger partial charge in [0.15, 0.2) is 23.5 Å². The topological polar surface area (TPSA) is 150 Å². The average Bonchev–Trinajstić information content (AvgIpc) is 3.69. The fourth-order valence-corrected chi connectivity index (χ4v) is 4.14. The van der Waals surface area contributed by atoms with Crippen LogP contribution in [0, 0.1) is 22.4 Å². The van der Waals surface area contributed by atoms with Crippen molar-refractivity contribution in [2.24, 2.45) is 0 Å². The van der Waals surface area contributed by atoms with E-state index in [9.17, 15) is 19.1 Å². The molecule has 0 spiro atoms. The van der Waals surface area contributed by atoms with E-state index in [0.29, 0.717) is 9.41 Å². The first-order valence-corrected chi connectivity index (χ1v) is 11.3. The van der Waals surface area contributed by atoms with Crippen LogP contribution in [0.5, 0.6) is 0 Å². The smallest absolute Gasteiger partial charge is 0.335 e. The number of halogens is 4. The summed E-state index contributed by atoms with van der Waals surface area (Å²) in [5.41, 5.74) is -0.0259. The van der Waals surface area contributed by atoms with Gasteiger partial charge in [0.25, 0.3) is 0 Å². The van der Waals surface area contributed by atoms with Crippen molar-refractivity contribution in [3.63, 3.8) is 0 Å². The van der Waals surface area contributed by atoms with Crippen LogP contribution in [0.25, 0.3) is 28.2 Å². The van der Waals surface area contributed by atoms with Gasteiger partial charge in [-0.05, 0) is 18.2 Å². The predicted molar refractivity (Wildman–Crippen MR) is 128 cm³/mol. The molecular formula is C23H16ClF3N10O2. The van der Waals surface area contributed by atoms with Gasteiger partial charge in [-0.2, -0.15) is 33.7 Å². The third-order valence-electron chi connectivity index (χ3n) is 5.72. The van der Waals surface area contributed by atoms with Crippen LogP contribution in [0.15, 0.2) is 55.4 Å². The number of alkyl halides is 2. The third kappa shape index (κ3) is 4.78. The summed E-state index contributed by atoms with van der Waals surface area (Å²) in [4.78, 5) is 3.80. The molecule has 0 amide bonds. The number of nitriles is 1. The molecule has 0 saturated carbocycles. The largest absolute Gasteiger partial charge is 0.618 e. The van der Waals surface area contributed by atoms with E-state index in [1.807, 2.05) is 6.07 Å². The number of hydrogen-bond acceptors (Lipinski definition) is 8. The van der Waals surface area contributed by atoms with Gasteiger partial charge < -0.3 is 10.3 Å². The predicted octanol–water partition coefficient (Wildman–Crippen LogP) is 3.05. The molecule has 0 aliphatic carbocycles. The Hall–Kier alpha value is -4.81. The van der Waals surface area contributed by atoms with E-state index in [2.05, 4.69) is 25.5 Å². The van der Waals surface area contributed by atoms with Crippen LogP contribution in [0.2, 0.25) is 5.02 Å². The quantitative estimate of drug-likeness (QED) is 0.225. The van der Waals surface area contributed by atoms with Crippen molar-refractivity contribution in [2.75, 3.05) is 6.56 Å². The molecule has 1 atom stereocenters. The highest BCUT2D eigenvalue weighted by Gasteiger charge is 2.26. The molecule has 5 aromatic rings. The summed E-state index contributed by atoms with van der Waals surface area (Å²) in [6, 6.07) is 5.90. The second kappa shape index (κ2) is 10.5. The number of hydrogen-bond donors (Lipinski definition) is 1. The Morgan fingerprint density at radius 2 is 2.03 bits per heavy atom. The molecule has 0 aliphatic rings. The summed E-state index contributed by atoms with van der Waals surface area (Å²) >= 11 is 6.01. The average molecular weight is 559 g/mol. The summed E-state index contributed by atoms with van der Waals surface area (Å²) < 4.78 is 60.2. The van der Waals surface area contributed by atoms with E-state index in [4.69, 9.17) is 19.6 Å². The van der Waals surface area contributed by atoms with Gasteiger partial charge in [-0.3, -0.25) is 4.68 Å². The normalized spacial score (nSPS) is 13.3. The fraction of sp³-hybridized carbons (Fsp3) is 0.174. The number of nitrogens with zero attached hydrogens (tertiary/aromatic N) is 10. The molecule has 0 fully saturated rings. The zero-order valence-electron chi connectivity index (χ0n) is 21.4. The van der Waals surface area contributed by atoms with Crippen LogP contribution in [-0.4, -0.2) is 51.2 Å². The number of benzene rings is 1. The van der Waals surface area contributed by atoms with Gasteiger partial charge in [0.05, 0.1) is 42.5 Å². The highest BCUT2D eigenvalue weighted by Crippen LogP contribution is 2.34. The monoisotopic (exact) mass is 558 g/mol. The maximum Gasteiger partial charge on any atom is 0.335 e. The summed E-state index contributed by atoms with van der Waals surface area (Å²) in [6.07, 6.45) is 4.95. The van der Waals surface area contributed by atoms with Crippen LogP contribution < -0.4 is 4.73 Å². The Bertz CT molecular complexity index is 1780. The van der Waals surface area contributed by atoms with Crippen LogP contribution in [0.4, 0.5) is 13.2 Å². The molecule has 1 N–H and O–H groups in total. The minimum atomic E-state index is -2.99. The lowest BCUT2D eigenvalue weighted by molar-refractivity contribution is -0.615. The molecule has 0 radical (unpaired) electrons. The Morgan fingerprint density at radius 1 is 1.21 bits per heavy atom. The van der Waals surface area contributed by atoms with Crippen LogP contribution >= 0.6 is 11.6 Å². The lowest BCUT2D eigenvalue weighted by Gasteiger charge is -2.17. The second-order valence-corrected chi connectivity index (χ2v) is 8.38. The molecule has 198 valence electrons. The van der Waals surface area contributed by atoms with Gasteiger partial charge in [-0.1, -0.05) is 16.8 Å². The molecule has 39 heavy (non-hydrogen) atoms. The maximum absolute atomic E-state index is 15.3. The van der Waals surface area contributed by atoms with Crippen molar-refractivity contribution in [1.82, 2.24) is 39.5 Å². The zero-order valence-corrected chi connectivity index (χ0v) is 20.2. The standard InChI is InChI=1S/C23H16ClF3N10O2/c24-16-2-4-19(35-11-15(7-28)32-33-35)20(21(16)25)13-1-3-18(36(39)10-13)17(5-6-38)34-9-14(8-30-34)22-29-12-31-37(22)23(26)27/h1-4,8-12,17,23,38H,5-6H2/i6D2. The fourth-order valence-electron chi connectivity index (χ4n) is 3.98. The van der Waals surface area contributed by atoms with Crippen LogP contribution in [0.1, 0.15) is 33.1 Å². The van der Waals surface area contributed by atoms with Crippen molar-refractivity contribution in [2.45, 2.75) is 19.0 Å². The van der Waals surface area contributed by atoms with Gasteiger partial charge >= 0.3 is 6.55 Å². The van der Waals surface area contributed by atoms with Gasteiger partial charge in [-0.25, -0.2) is 14.1 Å². The molecular weight excluding hydrogens is 541 g/mol. The van der Waals surface area contributed by atoms with E-state index in [-0.39, 0.29) is 44.6 Å². The first-order chi connectivity index (χ1) is 19.5. The summed E-state index contributed by atoms with van der Waals surface area (Å²) in [7, 11) is 0. The number of aromatic nitrogens is 9. The summed E-state index contributed by atoms with van der Waals surface area (Å²) in [6.45, 7) is -5.76. The minimum Gasteiger partial charge on any atom is -0.618 e. The number of rotatable bonds is 8. The number of aliphatic hydroxyl groups is 1. The maximum atomic E-state index is 15.3. The van der Waals surface area contributed by atoms with E-state index < -0.39 is 31.4 Å². The molecule has 4 aromatic heterocycles. The van der Waals surface area contributed by atoms with E-state index in [1.165, 1.54) is 42.9 Å². The molecule has 1 aromatic carbocycles. The van der Waals surface area contributed by atoms with Crippen molar-refractivity contribution >= 4 is 11.6 Å². The molecule has 5 rings (SSSR count).